The monoisotopic (exact) mass is 247 g/mol. The summed E-state index contributed by atoms with van der Waals surface area (Å²) in [4.78, 5) is 11.7. The number of halogens is 1. The topological polar surface area (TPSA) is 76.7 Å². The SMILES string of the molecule is CCC(C#N)C(=O)Nc1cc(C#N)ccc1Cl. The van der Waals surface area contributed by atoms with Crippen molar-refractivity contribution in [2.75, 3.05) is 5.32 Å². The van der Waals surface area contributed by atoms with Gasteiger partial charge in [-0.2, -0.15) is 10.5 Å². The van der Waals surface area contributed by atoms with E-state index in [-0.39, 0.29) is 0 Å². The summed E-state index contributed by atoms with van der Waals surface area (Å²) >= 11 is 5.88. The van der Waals surface area contributed by atoms with Crippen LogP contribution in [0.15, 0.2) is 18.2 Å². The molecule has 0 aliphatic carbocycles. The lowest BCUT2D eigenvalue weighted by molar-refractivity contribution is -0.118. The summed E-state index contributed by atoms with van der Waals surface area (Å²) in [6, 6.07) is 8.41. The number of nitrogens with zero attached hydrogens (tertiary/aromatic N) is 2. The van der Waals surface area contributed by atoms with Gasteiger partial charge >= 0.3 is 0 Å². The van der Waals surface area contributed by atoms with Crippen LogP contribution >= 0.6 is 11.6 Å². The highest BCUT2D eigenvalue weighted by atomic mass is 35.5. The first kappa shape index (κ1) is 13.0. The molecule has 17 heavy (non-hydrogen) atoms. The number of benzene rings is 1. The van der Waals surface area contributed by atoms with E-state index in [2.05, 4.69) is 5.32 Å². The number of carbonyl (C=O) groups is 1. The number of anilines is 1. The van der Waals surface area contributed by atoms with E-state index in [9.17, 15) is 4.79 Å². The molecule has 0 saturated carbocycles. The molecule has 1 N–H and O–H groups in total. The molecule has 0 heterocycles. The molecule has 0 aliphatic heterocycles. The Morgan fingerprint density at radius 3 is 2.76 bits per heavy atom. The Morgan fingerprint density at radius 2 is 2.24 bits per heavy atom. The fourth-order valence-electron chi connectivity index (χ4n) is 1.25. The van der Waals surface area contributed by atoms with Gasteiger partial charge in [-0.1, -0.05) is 18.5 Å². The Bertz CT molecular complexity index is 513. The second kappa shape index (κ2) is 5.89. The first-order valence-electron chi connectivity index (χ1n) is 5.02. The normalized spacial score (nSPS) is 11.1. The average molecular weight is 248 g/mol. The van der Waals surface area contributed by atoms with Crippen molar-refractivity contribution in [1.29, 1.82) is 10.5 Å². The van der Waals surface area contributed by atoms with Crippen LogP contribution in [-0.2, 0) is 4.79 Å². The standard InChI is InChI=1S/C12H10ClN3O/c1-2-9(7-15)12(17)16-11-5-8(6-14)3-4-10(11)13/h3-5,9H,2H2,1H3,(H,16,17). The number of amides is 1. The van der Waals surface area contributed by atoms with Gasteiger partial charge in [0, 0.05) is 0 Å². The van der Waals surface area contributed by atoms with Crippen LogP contribution < -0.4 is 5.32 Å². The maximum Gasteiger partial charge on any atom is 0.241 e. The van der Waals surface area contributed by atoms with E-state index < -0.39 is 11.8 Å². The van der Waals surface area contributed by atoms with Gasteiger partial charge < -0.3 is 5.32 Å². The predicted molar refractivity (Wildman–Crippen MR) is 64.2 cm³/mol. The van der Waals surface area contributed by atoms with Gasteiger partial charge in [0.1, 0.15) is 5.92 Å². The van der Waals surface area contributed by atoms with Gasteiger partial charge in [0.15, 0.2) is 0 Å². The minimum absolute atomic E-state index is 0.338. The quantitative estimate of drug-likeness (QED) is 0.892. The van der Waals surface area contributed by atoms with Gasteiger partial charge in [0.05, 0.1) is 28.4 Å². The van der Waals surface area contributed by atoms with Crippen molar-refractivity contribution < 1.29 is 4.79 Å². The van der Waals surface area contributed by atoms with E-state index in [1.165, 1.54) is 12.1 Å². The highest BCUT2D eigenvalue weighted by molar-refractivity contribution is 6.33. The first-order valence-corrected chi connectivity index (χ1v) is 5.40. The summed E-state index contributed by atoms with van der Waals surface area (Å²) in [5, 5.41) is 20.4. The van der Waals surface area contributed by atoms with Crippen LogP contribution in [0.5, 0.6) is 0 Å². The fraction of sp³-hybridized carbons (Fsp3) is 0.250. The first-order chi connectivity index (χ1) is 8.12. The lowest BCUT2D eigenvalue weighted by Gasteiger charge is -2.09. The molecule has 0 saturated heterocycles. The molecule has 1 unspecified atom stereocenters. The van der Waals surface area contributed by atoms with Gasteiger partial charge in [0.2, 0.25) is 5.91 Å². The molecule has 1 aromatic carbocycles. The Hall–Kier alpha value is -2.04. The second-order valence-corrected chi connectivity index (χ2v) is 3.79. The zero-order chi connectivity index (χ0) is 12.8. The maximum absolute atomic E-state index is 11.7. The van der Waals surface area contributed by atoms with Crippen LogP contribution in [0.25, 0.3) is 0 Å². The average Bonchev–Trinajstić information content (AvgIpc) is 2.33. The molecule has 1 atom stereocenters. The van der Waals surface area contributed by atoms with E-state index in [1.54, 1.807) is 13.0 Å². The molecule has 86 valence electrons. The number of carbonyl (C=O) groups excluding carboxylic acids is 1. The largest absolute Gasteiger partial charge is 0.324 e. The summed E-state index contributed by atoms with van der Waals surface area (Å²) < 4.78 is 0. The molecule has 4 nitrogen and oxygen atoms in total. The van der Waals surface area contributed by atoms with E-state index in [0.717, 1.165) is 0 Å². The highest BCUT2D eigenvalue weighted by Crippen LogP contribution is 2.23. The number of hydrogen-bond donors (Lipinski definition) is 1. The van der Waals surface area contributed by atoms with Gasteiger partial charge in [-0.3, -0.25) is 4.79 Å². The van der Waals surface area contributed by atoms with Crippen molar-refractivity contribution in [3.8, 4) is 12.1 Å². The molecule has 1 amide bonds. The van der Waals surface area contributed by atoms with Crippen LogP contribution in [0.4, 0.5) is 5.69 Å². The zero-order valence-electron chi connectivity index (χ0n) is 9.20. The molecule has 0 bridgehead atoms. The van der Waals surface area contributed by atoms with Crippen LogP contribution in [0, 0.1) is 28.6 Å². The number of rotatable bonds is 3. The molecule has 1 aromatic rings. The van der Waals surface area contributed by atoms with Crippen LogP contribution in [-0.4, -0.2) is 5.91 Å². The van der Waals surface area contributed by atoms with E-state index in [4.69, 9.17) is 22.1 Å². The Labute approximate surface area is 104 Å². The highest BCUT2D eigenvalue weighted by Gasteiger charge is 2.16. The van der Waals surface area contributed by atoms with E-state index >= 15 is 0 Å². The van der Waals surface area contributed by atoms with Crippen molar-refractivity contribution >= 4 is 23.2 Å². The second-order valence-electron chi connectivity index (χ2n) is 3.39. The zero-order valence-corrected chi connectivity index (χ0v) is 9.95. The number of nitrogens with one attached hydrogen (secondary N) is 1. The fourth-order valence-corrected chi connectivity index (χ4v) is 1.41. The summed E-state index contributed by atoms with van der Waals surface area (Å²) in [6.45, 7) is 1.75. The molecule has 0 aliphatic rings. The van der Waals surface area contributed by atoms with E-state index in [1.807, 2.05) is 12.1 Å². The molecule has 0 fully saturated rings. The molecule has 5 heteroatoms. The minimum atomic E-state index is -0.711. The van der Waals surface area contributed by atoms with Crippen molar-refractivity contribution in [2.45, 2.75) is 13.3 Å². The van der Waals surface area contributed by atoms with Gasteiger partial charge in [-0.05, 0) is 24.6 Å². The Kier molecular flexibility index (Phi) is 4.51. The summed E-state index contributed by atoms with van der Waals surface area (Å²) in [6.07, 6.45) is 0.428. The molecular weight excluding hydrogens is 238 g/mol. The van der Waals surface area contributed by atoms with Crippen molar-refractivity contribution in [2.24, 2.45) is 5.92 Å². The molecule has 0 radical (unpaired) electrons. The third kappa shape index (κ3) is 3.21. The Morgan fingerprint density at radius 1 is 1.53 bits per heavy atom. The molecule has 0 spiro atoms. The van der Waals surface area contributed by atoms with E-state index in [0.29, 0.717) is 22.7 Å². The predicted octanol–water partition coefficient (Wildman–Crippen LogP) is 2.70. The molecular formula is C12H10ClN3O. The lowest BCUT2D eigenvalue weighted by atomic mass is 10.1. The third-order valence-electron chi connectivity index (χ3n) is 2.23. The molecule has 0 aromatic heterocycles. The van der Waals surface area contributed by atoms with Crippen molar-refractivity contribution in [3.63, 3.8) is 0 Å². The van der Waals surface area contributed by atoms with Crippen molar-refractivity contribution in [3.05, 3.63) is 28.8 Å². The number of hydrogen-bond acceptors (Lipinski definition) is 3. The van der Waals surface area contributed by atoms with Gasteiger partial charge in [-0.25, -0.2) is 0 Å². The number of nitriles is 2. The maximum atomic E-state index is 11.7. The van der Waals surface area contributed by atoms with Gasteiger partial charge in [-0.15, -0.1) is 0 Å². The van der Waals surface area contributed by atoms with Crippen molar-refractivity contribution in [1.82, 2.24) is 0 Å². The Balaban J connectivity index is 2.93. The van der Waals surface area contributed by atoms with Crippen LogP contribution in [0.3, 0.4) is 0 Å². The van der Waals surface area contributed by atoms with Crippen LogP contribution in [0.1, 0.15) is 18.9 Å². The van der Waals surface area contributed by atoms with Crippen LogP contribution in [0.2, 0.25) is 5.02 Å². The summed E-state index contributed by atoms with van der Waals surface area (Å²) in [5.74, 6) is -1.12. The summed E-state index contributed by atoms with van der Waals surface area (Å²) in [5.41, 5.74) is 0.749. The smallest absolute Gasteiger partial charge is 0.241 e. The summed E-state index contributed by atoms with van der Waals surface area (Å²) in [7, 11) is 0. The lowest BCUT2D eigenvalue weighted by Crippen LogP contribution is -2.21. The van der Waals surface area contributed by atoms with Gasteiger partial charge in [0.25, 0.3) is 0 Å². The molecule has 1 rings (SSSR count). The third-order valence-corrected chi connectivity index (χ3v) is 2.56. The minimum Gasteiger partial charge on any atom is -0.324 e.